The number of hydrogen-bond acceptors (Lipinski definition) is 2. The summed E-state index contributed by atoms with van der Waals surface area (Å²) in [6, 6.07) is 11.8. The zero-order valence-electron chi connectivity index (χ0n) is 9.37. The van der Waals surface area contributed by atoms with Crippen LogP contribution in [0, 0.1) is 0 Å². The first-order valence-electron chi connectivity index (χ1n) is 5.19. The van der Waals surface area contributed by atoms with Gasteiger partial charge in [-0.15, -0.1) is 0 Å². The summed E-state index contributed by atoms with van der Waals surface area (Å²) < 4.78 is 0. The molecule has 0 aliphatic heterocycles. The molecule has 0 saturated carbocycles. The lowest BCUT2D eigenvalue weighted by molar-refractivity contribution is 0.0964. The van der Waals surface area contributed by atoms with Gasteiger partial charge in [-0.25, -0.2) is 0 Å². The molecule has 1 amide bonds. The molecule has 0 aliphatic carbocycles. The second kappa shape index (κ2) is 4.23. The van der Waals surface area contributed by atoms with Crippen LogP contribution in [0.2, 0.25) is 0 Å². The van der Waals surface area contributed by atoms with Crippen LogP contribution in [0.3, 0.4) is 0 Å². The Kier molecular flexibility index (Phi) is 2.77. The number of amides is 1. The van der Waals surface area contributed by atoms with Crippen molar-refractivity contribution in [1.82, 2.24) is 5.32 Å². The maximum Gasteiger partial charge on any atom is 0.253 e. The van der Waals surface area contributed by atoms with E-state index in [1.165, 1.54) is 0 Å². The summed E-state index contributed by atoms with van der Waals surface area (Å²) >= 11 is 0. The third-order valence-electron chi connectivity index (χ3n) is 2.65. The first kappa shape index (κ1) is 10.5. The number of anilines is 1. The molecular formula is C13H14N2O. The van der Waals surface area contributed by atoms with Crippen molar-refractivity contribution in [2.24, 2.45) is 0 Å². The largest absolute Gasteiger partial charge is 0.387 e. The third-order valence-corrected chi connectivity index (χ3v) is 2.65. The Morgan fingerprint density at radius 2 is 1.81 bits per heavy atom. The van der Waals surface area contributed by atoms with E-state index in [0.29, 0.717) is 5.56 Å². The average Bonchev–Trinajstić information content (AvgIpc) is 2.36. The minimum absolute atomic E-state index is 0.0740. The molecule has 2 aromatic carbocycles. The van der Waals surface area contributed by atoms with Crippen LogP contribution in [0.25, 0.3) is 10.8 Å². The van der Waals surface area contributed by atoms with Gasteiger partial charge in [0, 0.05) is 19.5 Å². The van der Waals surface area contributed by atoms with Crippen LogP contribution in [-0.4, -0.2) is 20.0 Å². The first-order valence-corrected chi connectivity index (χ1v) is 5.19. The molecule has 0 unspecified atom stereocenters. The predicted molar refractivity (Wildman–Crippen MR) is 66.9 cm³/mol. The van der Waals surface area contributed by atoms with E-state index < -0.39 is 0 Å². The number of rotatable bonds is 2. The van der Waals surface area contributed by atoms with Gasteiger partial charge in [0.05, 0.1) is 11.3 Å². The SMILES string of the molecule is CNC(=O)c1ccc2ccccc2c1NC. The van der Waals surface area contributed by atoms with E-state index in [2.05, 4.69) is 10.6 Å². The molecule has 0 spiro atoms. The smallest absolute Gasteiger partial charge is 0.253 e. The van der Waals surface area contributed by atoms with Crippen molar-refractivity contribution in [1.29, 1.82) is 0 Å². The molecule has 0 atom stereocenters. The zero-order valence-corrected chi connectivity index (χ0v) is 9.37. The fourth-order valence-electron chi connectivity index (χ4n) is 1.86. The van der Waals surface area contributed by atoms with Gasteiger partial charge in [0.1, 0.15) is 0 Å². The summed E-state index contributed by atoms with van der Waals surface area (Å²) in [7, 11) is 3.46. The highest BCUT2D eigenvalue weighted by Crippen LogP contribution is 2.26. The standard InChI is InChI=1S/C13H14N2O/c1-14-12-10-6-4-3-5-9(10)7-8-11(12)13(16)15-2/h3-8,14H,1-2H3,(H,15,16). The highest BCUT2D eigenvalue weighted by atomic mass is 16.1. The summed E-state index contributed by atoms with van der Waals surface area (Å²) in [6.07, 6.45) is 0. The molecule has 0 heterocycles. The number of fused-ring (bicyclic) bond motifs is 1. The Labute approximate surface area is 94.5 Å². The molecule has 16 heavy (non-hydrogen) atoms. The fraction of sp³-hybridized carbons (Fsp3) is 0.154. The number of hydrogen-bond donors (Lipinski definition) is 2. The maximum atomic E-state index is 11.7. The normalized spacial score (nSPS) is 10.1. The predicted octanol–water partition coefficient (Wildman–Crippen LogP) is 2.24. The van der Waals surface area contributed by atoms with Gasteiger partial charge < -0.3 is 10.6 Å². The summed E-state index contributed by atoms with van der Waals surface area (Å²) in [6.45, 7) is 0. The number of carbonyl (C=O) groups is 1. The van der Waals surface area contributed by atoms with E-state index in [0.717, 1.165) is 16.5 Å². The molecule has 2 rings (SSSR count). The topological polar surface area (TPSA) is 41.1 Å². The number of nitrogens with one attached hydrogen (secondary N) is 2. The van der Waals surface area contributed by atoms with Gasteiger partial charge in [-0.3, -0.25) is 4.79 Å². The van der Waals surface area contributed by atoms with E-state index in [4.69, 9.17) is 0 Å². The first-order chi connectivity index (χ1) is 7.77. The second-order valence-corrected chi connectivity index (χ2v) is 3.54. The van der Waals surface area contributed by atoms with Crippen LogP contribution >= 0.6 is 0 Å². The van der Waals surface area contributed by atoms with Crippen molar-refractivity contribution in [3.8, 4) is 0 Å². The summed E-state index contributed by atoms with van der Waals surface area (Å²) in [5.41, 5.74) is 1.54. The molecule has 82 valence electrons. The molecule has 0 bridgehead atoms. The third kappa shape index (κ3) is 1.60. The zero-order chi connectivity index (χ0) is 11.5. The minimum Gasteiger partial charge on any atom is -0.387 e. The van der Waals surface area contributed by atoms with Gasteiger partial charge >= 0.3 is 0 Å². The van der Waals surface area contributed by atoms with E-state index in [1.54, 1.807) is 7.05 Å². The van der Waals surface area contributed by atoms with Crippen molar-refractivity contribution in [2.75, 3.05) is 19.4 Å². The Hall–Kier alpha value is -2.03. The molecule has 0 saturated heterocycles. The van der Waals surface area contributed by atoms with Crippen molar-refractivity contribution in [3.05, 3.63) is 42.0 Å². The Morgan fingerprint density at radius 1 is 1.06 bits per heavy atom. The van der Waals surface area contributed by atoms with Crippen molar-refractivity contribution >= 4 is 22.4 Å². The van der Waals surface area contributed by atoms with Gasteiger partial charge in [0.15, 0.2) is 0 Å². The molecule has 0 radical (unpaired) electrons. The maximum absolute atomic E-state index is 11.7. The summed E-state index contributed by atoms with van der Waals surface area (Å²) in [5.74, 6) is -0.0740. The van der Waals surface area contributed by atoms with Crippen LogP contribution in [0.1, 0.15) is 10.4 Å². The lowest BCUT2D eigenvalue weighted by Gasteiger charge is -2.11. The van der Waals surface area contributed by atoms with E-state index in [1.807, 2.05) is 43.4 Å². The van der Waals surface area contributed by atoms with Gasteiger partial charge in [-0.2, -0.15) is 0 Å². The highest BCUT2D eigenvalue weighted by molar-refractivity contribution is 6.08. The van der Waals surface area contributed by atoms with Gasteiger partial charge in [0.25, 0.3) is 5.91 Å². The molecule has 2 aromatic rings. The van der Waals surface area contributed by atoms with Crippen LogP contribution < -0.4 is 10.6 Å². The lowest BCUT2D eigenvalue weighted by Crippen LogP contribution is -2.19. The molecule has 0 aromatic heterocycles. The molecule has 3 heteroatoms. The van der Waals surface area contributed by atoms with E-state index >= 15 is 0 Å². The average molecular weight is 214 g/mol. The van der Waals surface area contributed by atoms with E-state index in [9.17, 15) is 4.79 Å². The van der Waals surface area contributed by atoms with Gasteiger partial charge in [-0.1, -0.05) is 30.3 Å². The second-order valence-electron chi connectivity index (χ2n) is 3.54. The van der Waals surface area contributed by atoms with Crippen LogP contribution in [0.5, 0.6) is 0 Å². The Morgan fingerprint density at radius 3 is 2.50 bits per heavy atom. The lowest BCUT2D eigenvalue weighted by atomic mass is 10.0. The minimum atomic E-state index is -0.0740. The van der Waals surface area contributed by atoms with Crippen molar-refractivity contribution in [3.63, 3.8) is 0 Å². The van der Waals surface area contributed by atoms with Crippen molar-refractivity contribution < 1.29 is 4.79 Å². The summed E-state index contributed by atoms with van der Waals surface area (Å²) in [4.78, 5) is 11.7. The Bertz CT molecular complexity index is 534. The number of carbonyl (C=O) groups excluding carboxylic acids is 1. The monoisotopic (exact) mass is 214 g/mol. The highest BCUT2D eigenvalue weighted by Gasteiger charge is 2.11. The fourth-order valence-corrected chi connectivity index (χ4v) is 1.86. The molecule has 3 nitrogen and oxygen atoms in total. The molecule has 0 aliphatic rings. The molecule has 0 fully saturated rings. The van der Waals surface area contributed by atoms with Gasteiger partial charge in [0.2, 0.25) is 0 Å². The Balaban J connectivity index is 2.72. The van der Waals surface area contributed by atoms with E-state index in [-0.39, 0.29) is 5.91 Å². The summed E-state index contributed by atoms with van der Waals surface area (Å²) in [5, 5.41) is 7.92. The quantitative estimate of drug-likeness (QED) is 0.805. The van der Waals surface area contributed by atoms with Crippen LogP contribution in [0.4, 0.5) is 5.69 Å². The van der Waals surface area contributed by atoms with Crippen LogP contribution in [-0.2, 0) is 0 Å². The molecule has 2 N–H and O–H groups in total. The molecular weight excluding hydrogens is 200 g/mol. The van der Waals surface area contributed by atoms with Gasteiger partial charge in [-0.05, 0) is 11.5 Å². The van der Waals surface area contributed by atoms with Crippen LogP contribution in [0.15, 0.2) is 36.4 Å². The van der Waals surface area contributed by atoms with Crippen molar-refractivity contribution in [2.45, 2.75) is 0 Å². The number of benzene rings is 2.